The number of halogens is 2. The van der Waals surface area contributed by atoms with E-state index in [4.69, 9.17) is 4.74 Å². The molecule has 0 unspecified atom stereocenters. The number of aliphatic hydroxyl groups excluding tert-OH is 3. The molecule has 1 heterocycles. The Morgan fingerprint density at radius 2 is 1.83 bits per heavy atom. The molecule has 6 heteroatoms. The first-order valence-corrected chi connectivity index (χ1v) is 5.56. The molecular weight excluding hydrogens is 246 g/mol. The molecule has 18 heavy (non-hydrogen) atoms. The number of rotatable bonds is 2. The van der Waals surface area contributed by atoms with E-state index in [2.05, 4.69) is 0 Å². The second kappa shape index (κ2) is 4.89. The fourth-order valence-corrected chi connectivity index (χ4v) is 2.03. The third-order valence-corrected chi connectivity index (χ3v) is 3.14. The smallest absolute Gasteiger partial charge is 0.159 e. The Morgan fingerprint density at radius 1 is 1.17 bits per heavy atom. The highest BCUT2D eigenvalue weighted by Crippen LogP contribution is 2.31. The lowest BCUT2D eigenvalue weighted by Crippen LogP contribution is -2.34. The van der Waals surface area contributed by atoms with Gasteiger partial charge in [-0.05, 0) is 24.6 Å². The molecule has 100 valence electrons. The molecule has 0 spiro atoms. The number of hydrogen-bond acceptors (Lipinski definition) is 4. The zero-order chi connectivity index (χ0) is 13.4. The van der Waals surface area contributed by atoms with Crippen LogP contribution in [0.5, 0.6) is 0 Å². The summed E-state index contributed by atoms with van der Waals surface area (Å²) >= 11 is 0. The van der Waals surface area contributed by atoms with Gasteiger partial charge in [0, 0.05) is 0 Å². The summed E-state index contributed by atoms with van der Waals surface area (Å²) in [5.74, 6) is -2.11. The molecule has 4 nitrogen and oxygen atoms in total. The summed E-state index contributed by atoms with van der Waals surface area (Å²) in [5, 5.41) is 29.1. The minimum atomic E-state index is -1.34. The van der Waals surface area contributed by atoms with E-state index in [1.807, 2.05) is 0 Å². The van der Waals surface area contributed by atoms with Gasteiger partial charge in [0.25, 0.3) is 0 Å². The Kier molecular flexibility index (Phi) is 3.63. The molecule has 3 N–H and O–H groups in total. The first-order chi connectivity index (χ1) is 8.41. The van der Waals surface area contributed by atoms with Crippen LogP contribution in [0.2, 0.25) is 0 Å². The van der Waals surface area contributed by atoms with Crippen LogP contribution in [0.4, 0.5) is 8.78 Å². The average molecular weight is 260 g/mol. The van der Waals surface area contributed by atoms with E-state index >= 15 is 0 Å². The molecule has 1 fully saturated rings. The minimum absolute atomic E-state index is 0.0826. The Labute approximate surface area is 102 Å². The van der Waals surface area contributed by atoms with E-state index in [1.165, 1.54) is 6.07 Å². The maximum atomic E-state index is 13.0. The summed E-state index contributed by atoms with van der Waals surface area (Å²) in [7, 11) is 0. The molecule has 0 saturated carbocycles. The molecule has 1 aliphatic heterocycles. The van der Waals surface area contributed by atoms with Crippen molar-refractivity contribution in [2.75, 3.05) is 0 Å². The van der Waals surface area contributed by atoms with Crippen LogP contribution in [0.3, 0.4) is 0 Å². The molecule has 1 aromatic carbocycles. The van der Waals surface area contributed by atoms with Crippen LogP contribution in [-0.4, -0.2) is 39.7 Å². The summed E-state index contributed by atoms with van der Waals surface area (Å²) < 4.78 is 31.0. The normalized spacial score (nSPS) is 33.7. The maximum absolute atomic E-state index is 13.0. The van der Waals surface area contributed by atoms with E-state index < -0.39 is 42.2 Å². The topological polar surface area (TPSA) is 69.9 Å². The molecule has 5 atom stereocenters. The van der Waals surface area contributed by atoms with Crippen molar-refractivity contribution in [3.63, 3.8) is 0 Å². The van der Waals surface area contributed by atoms with E-state index in [0.717, 1.165) is 12.1 Å². The van der Waals surface area contributed by atoms with Crippen LogP contribution in [0, 0.1) is 11.6 Å². The largest absolute Gasteiger partial charge is 0.388 e. The Bertz CT molecular complexity index is 440. The van der Waals surface area contributed by atoms with Gasteiger partial charge >= 0.3 is 0 Å². The second-order valence-electron chi connectivity index (χ2n) is 4.41. The van der Waals surface area contributed by atoms with Gasteiger partial charge in [-0.3, -0.25) is 0 Å². The summed E-state index contributed by atoms with van der Waals surface area (Å²) in [4.78, 5) is 0. The van der Waals surface area contributed by atoms with Crippen LogP contribution in [-0.2, 0) is 4.74 Å². The fraction of sp³-hybridized carbons (Fsp3) is 0.500. The lowest BCUT2D eigenvalue weighted by atomic mass is 9.98. The van der Waals surface area contributed by atoms with Crippen molar-refractivity contribution in [3.05, 3.63) is 35.4 Å². The van der Waals surface area contributed by atoms with Crippen molar-refractivity contribution >= 4 is 0 Å². The van der Waals surface area contributed by atoms with Gasteiger partial charge in [-0.25, -0.2) is 8.78 Å². The van der Waals surface area contributed by atoms with Gasteiger partial charge in [0.05, 0.1) is 6.10 Å². The molecular formula is C12H14F2O4. The van der Waals surface area contributed by atoms with E-state index in [-0.39, 0.29) is 5.56 Å². The fourth-order valence-electron chi connectivity index (χ4n) is 2.03. The molecule has 0 bridgehead atoms. The summed E-state index contributed by atoms with van der Waals surface area (Å²) in [6.07, 6.45) is -5.43. The van der Waals surface area contributed by atoms with Crippen LogP contribution in [0.15, 0.2) is 18.2 Å². The van der Waals surface area contributed by atoms with Crippen molar-refractivity contribution in [2.45, 2.75) is 37.4 Å². The monoisotopic (exact) mass is 260 g/mol. The first kappa shape index (κ1) is 13.4. The van der Waals surface area contributed by atoms with Gasteiger partial charge < -0.3 is 20.1 Å². The van der Waals surface area contributed by atoms with Gasteiger partial charge in [0.15, 0.2) is 11.6 Å². The van der Waals surface area contributed by atoms with E-state index in [0.29, 0.717) is 0 Å². The predicted molar refractivity (Wildman–Crippen MR) is 57.7 cm³/mol. The quantitative estimate of drug-likeness (QED) is 0.724. The van der Waals surface area contributed by atoms with E-state index in [9.17, 15) is 24.1 Å². The maximum Gasteiger partial charge on any atom is 0.159 e. The number of aliphatic hydroxyl groups is 3. The molecule has 1 saturated heterocycles. The van der Waals surface area contributed by atoms with Gasteiger partial charge in [-0.15, -0.1) is 0 Å². The van der Waals surface area contributed by atoms with Crippen LogP contribution in [0.25, 0.3) is 0 Å². The highest BCUT2D eigenvalue weighted by Gasteiger charge is 2.44. The molecule has 0 amide bonds. The van der Waals surface area contributed by atoms with Crippen molar-refractivity contribution in [3.8, 4) is 0 Å². The van der Waals surface area contributed by atoms with Crippen LogP contribution >= 0.6 is 0 Å². The highest BCUT2D eigenvalue weighted by molar-refractivity contribution is 5.22. The van der Waals surface area contributed by atoms with Crippen LogP contribution in [0.1, 0.15) is 18.6 Å². The zero-order valence-electron chi connectivity index (χ0n) is 9.62. The lowest BCUT2D eigenvalue weighted by molar-refractivity contribution is -0.0636. The van der Waals surface area contributed by atoms with Gasteiger partial charge in [-0.2, -0.15) is 0 Å². The van der Waals surface area contributed by atoms with Crippen LogP contribution < -0.4 is 0 Å². The minimum Gasteiger partial charge on any atom is -0.388 e. The predicted octanol–water partition coefficient (Wildman–Crippen LogP) is 0.507. The summed E-state index contributed by atoms with van der Waals surface area (Å²) in [5.41, 5.74) is 0.0826. The summed E-state index contributed by atoms with van der Waals surface area (Å²) in [6, 6.07) is 2.93. The Hall–Kier alpha value is -1.08. The van der Waals surface area contributed by atoms with E-state index in [1.54, 1.807) is 6.92 Å². The molecule has 0 aromatic heterocycles. The Balaban J connectivity index is 2.21. The third kappa shape index (κ3) is 2.24. The summed E-state index contributed by atoms with van der Waals surface area (Å²) in [6.45, 7) is 1.55. The molecule has 0 aliphatic carbocycles. The van der Waals surface area contributed by atoms with Crippen molar-refractivity contribution < 1.29 is 28.8 Å². The third-order valence-electron chi connectivity index (χ3n) is 3.14. The molecule has 1 aromatic rings. The second-order valence-corrected chi connectivity index (χ2v) is 4.41. The van der Waals surface area contributed by atoms with Crippen molar-refractivity contribution in [2.24, 2.45) is 0 Å². The number of ether oxygens (including phenoxy) is 1. The standard InChI is InChI=1S/C12H14F2O4/c1-5-9(15)11(17)12(18-5)10(16)6-2-3-7(13)8(14)4-6/h2-5,9-12,15-17H,1H3/t5-,9-,10+,11-,12+/m0/s1. The average Bonchev–Trinajstić information content (AvgIpc) is 2.60. The highest BCUT2D eigenvalue weighted by atomic mass is 19.2. The Morgan fingerprint density at radius 3 is 2.33 bits per heavy atom. The SMILES string of the molecule is C[C@@H]1O[C@H]([C@H](O)c2ccc(F)c(F)c2)[C@@H](O)[C@H]1O. The van der Waals surface area contributed by atoms with Gasteiger partial charge in [-0.1, -0.05) is 6.07 Å². The zero-order valence-corrected chi connectivity index (χ0v) is 9.62. The number of hydrogen-bond donors (Lipinski definition) is 3. The van der Waals surface area contributed by atoms with Crippen molar-refractivity contribution in [1.82, 2.24) is 0 Å². The molecule has 0 radical (unpaired) electrons. The first-order valence-electron chi connectivity index (χ1n) is 5.56. The molecule has 1 aliphatic rings. The van der Waals surface area contributed by atoms with Crippen molar-refractivity contribution in [1.29, 1.82) is 0 Å². The number of benzene rings is 1. The van der Waals surface area contributed by atoms with Gasteiger partial charge in [0.1, 0.15) is 24.4 Å². The van der Waals surface area contributed by atoms with Gasteiger partial charge in [0.2, 0.25) is 0 Å². The molecule has 2 rings (SSSR count). The lowest BCUT2D eigenvalue weighted by Gasteiger charge is -2.21.